The fourth-order valence-corrected chi connectivity index (χ4v) is 3.19. The molecule has 0 aliphatic carbocycles. The van der Waals surface area contributed by atoms with Gasteiger partial charge in [0.15, 0.2) is 0 Å². The highest BCUT2D eigenvalue weighted by atomic mass is 31.2. The topological polar surface area (TPSA) is 108 Å². The second kappa shape index (κ2) is 13.7. The number of unbranched alkanes of at least 4 members (excludes halogenated alkanes) is 6. The minimum absolute atomic E-state index is 0.0256. The van der Waals surface area contributed by atoms with E-state index in [2.05, 4.69) is 6.92 Å². The van der Waals surface area contributed by atoms with E-state index in [9.17, 15) is 19.6 Å². The summed E-state index contributed by atoms with van der Waals surface area (Å²) in [6, 6.07) is 4.87. The van der Waals surface area contributed by atoms with Gasteiger partial charge in [0.2, 0.25) is 0 Å². The minimum Gasteiger partial charge on any atom is -0.404 e. The van der Waals surface area contributed by atoms with E-state index in [-0.39, 0.29) is 18.0 Å². The molecule has 0 aromatic heterocycles. The van der Waals surface area contributed by atoms with Crippen molar-refractivity contribution in [1.29, 1.82) is 0 Å². The number of phosphoric ester groups is 1. The molecular formula is C18H30NO7P. The number of hydrogen-bond acceptors (Lipinski definition) is 6. The van der Waals surface area contributed by atoms with E-state index >= 15 is 0 Å². The maximum atomic E-state index is 11.8. The molecule has 1 atom stereocenters. The zero-order valence-electron chi connectivity index (χ0n) is 15.9. The van der Waals surface area contributed by atoms with Crippen LogP contribution < -0.4 is 4.52 Å². The maximum absolute atomic E-state index is 11.8. The van der Waals surface area contributed by atoms with E-state index in [0.29, 0.717) is 19.6 Å². The molecular weight excluding hydrogens is 373 g/mol. The first kappa shape index (κ1) is 23.6. The lowest BCUT2D eigenvalue weighted by Gasteiger charge is -2.13. The maximum Gasteiger partial charge on any atom is 0.527 e. The van der Waals surface area contributed by atoms with Crippen molar-refractivity contribution in [2.24, 2.45) is 0 Å². The summed E-state index contributed by atoms with van der Waals surface area (Å²) in [6.45, 7) is 3.37. The Morgan fingerprint density at radius 2 is 1.56 bits per heavy atom. The predicted octanol–water partition coefficient (Wildman–Crippen LogP) is 5.25. The van der Waals surface area contributed by atoms with E-state index in [4.69, 9.17) is 13.8 Å². The molecule has 1 unspecified atom stereocenters. The highest BCUT2D eigenvalue weighted by Gasteiger charge is 2.23. The van der Waals surface area contributed by atoms with Gasteiger partial charge in [-0.3, -0.25) is 19.5 Å². The number of rotatable bonds is 16. The number of nitro groups is 1. The minimum atomic E-state index is -4.26. The Labute approximate surface area is 160 Å². The number of nitro benzene ring substituents is 1. The Morgan fingerprint density at radius 3 is 2.19 bits per heavy atom. The van der Waals surface area contributed by atoms with E-state index in [0.717, 1.165) is 12.8 Å². The van der Waals surface area contributed by atoms with Crippen molar-refractivity contribution in [3.63, 3.8) is 0 Å². The Balaban J connectivity index is 2.06. The normalized spacial score (nSPS) is 13.3. The van der Waals surface area contributed by atoms with Crippen LogP contribution in [-0.4, -0.2) is 29.6 Å². The average Bonchev–Trinajstić information content (AvgIpc) is 2.62. The van der Waals surface area contributed by atoms with Crippen LogP contribution in [-0.2, 0) is 13.8 Å². The summed E-state index contributed by atoms with van der Waals surface area (Å²) in [4.78, 5) is 19.6. The van der Waals surface area contributed by atoms with Crippen LogP contribution in [0, 0.1) is 10.1 Å². The van der Waals surface area contributed by atoms with Crippen molar-refractivity contribution in [3.05, 3.63) is 34.4 Å². The van der Waals surface area contributed by atoms with Crippen LogP contribution >= 0.6 is 7.82 Å². The van der Waals surface area contributed by atoms with Crippen molar-refractivity contribution in [1.82, 2.24) is 0 Å². The molecule has 9 heteroatoms. The lowest BCUT2D eigenvalue weighted by atomic mass is 10.1. The van der Waals surface area contributed by atoms with Gasteiger partial charge in [-0.1, -0.05) is 45.4 Å². The molecule has 0 fully saturated rings. The molecule has 0 bridgehead atoms. The molecule has 0 heterocycles. The van der Waals surface area contributed by atoms with Crippen molar-refractivity contribution in [3.8, 4) is 5.75 Å². The molecule has 8 nitrogen and oxygen atoms in total. The molecule has 27 heavy (non-hydrogen) atoms. The van der Waals surface area contributed by atoms with Crippen LogP contribution in [0.15, 0.2) is 24.3 Å². The number of non-ortho nitro benzene ring substituents is 1. The molecule has 154 valence electrons. The number of nitrogens with zero attached hydrogens (tertiary/aromatic N) is 1. The largest absolute Gasteiger partial charge is 0.527 e. The molecule has 0 saturated heterocycles. The zero-order chi connectivity index (χ0) is 20.0. The van der Waals surface area contributed by atoms with Gasteiger partial charge >= 0.3 is 7.82 Å². The summed E-state index contributed by atoms with van der Waals surface area (Å²) in [5.74, 6) is 0.0293. The van der Waals surface area contributed by atoms with Gasteiger partial charge in [0.05, 0.1) is 11.5 Å². The summed E-state index contributed by atoms with van der Waals surface area (Å²) in [6.07, 6.45) is 9.04. The molecule has 0 aliphatic rings. The van der Waals surface area contributed by atoms with E-state index in [1.165, 1.54) is 56.4 Å². The van der Waals surface area contributed by atoms with Gasteiger partial charge in [0.1, 0.15) is 5.75 Å². The summed E-state index contributed by atoms with van der Waals surface area (Å²) in [5, 5.41) is 10.6. The highest BCUT2D eigenvalue weighted by Crippen LogP contribution is 2.44. The number of phosphoric acid groups is 1. The molecule has 1 aromatic rings. The molecule has 0 saturated carbocycles. The fourth-order valence-electron chi connectivity index (χ4n) is 2.39. The molecule has 0 spiro atoms. The summed E-state index contributed by atoms with van der Waals surface area (Å²) in [7, 11) is -4.26. The average molecular weight is 403 g/mol. The van der Waals surface area contributed by atoms with Gasteiger partial charge in [0.25, 0.3) is 5.69 Å². The first-order chi connectivity index (χ1) is 12.9. The standard InChI is InChI=1S/C18H30NO7P/c1-2-3-4-5-6-7-8-14-24-15-9-16-25-27(22,23)26-18-12-10-17(11-13-18)19(20)21/h10-13H,2-9,14-16H2,1H3,(H,22,23). The Morgan fingerprint density at radius 1 is 0.963 bits per heavy atom. The summed E-state index contributed by atoms with van der Waals surface area (Å²) in [5.41, 5.74) is -0.130. The Hall–Kier alpha value is -1.47. The van der Waals surface area contributed by atoms with Gasteiger partial charge in [-0.2, -0.15) is 0 Å². The number of benzene rings is 1. The highest BCUT2D eigenvalue weighted by molar-refractivity contribution is 7.47. The third-order valence-corrected chi connectivity index (χ3v) is 4.80. The third-order valence-electron chi connectivity index (χ3n) is 3.85. The van der Waals surface area contributed by atoms with Crippen LogP contribution in [0.4, 0.5) is 5.69 Å². The van der Waals surface area contributed by atoms with Crippen molar-refractivity contribution >= 4 is 13.5 Å². The quantitative estimate of drug-likeness (QED) is 0.174. The van der Waals surface area contributed by atoms with Gasteiger partial charge < -0.3 is 9.26 Å². The van der Waals surface area contributed by atoms with Crippen molar-refractivity contribution in [2.75, 3.05) is 19.8 Å². The molecule has 1 aromatic carbocycles. The van der Waals surface area contributed by atoms with Gasteiger partial charge in [-0.05, 0) is 25.0 Å². The molecule has 0 radical (unpaired) electrons. The lowest BCUT2D eigenvalue weighted by molar-refractivity contribution is -0.384. The van der Waals surface area contributed by atoms with Gasteiger partial charge in [-0.25, -0.2) is 4.57 Å². The smallest absolute Gasteiger partial charge is 0.404 e. The number of ether oxygens (including phenoxy) is 1. The Kier molecular flexibility index (Phi) is 11.9. The van der Waals surface area contributed by atoms with E-state index in [1.54, 1.807) is 0 Å². The fraction of sp³-hybridized carbons (Fsp3) is 0.667. The second-order valence-corrected chi connectivity index (χ2v) is 7.61. The van der Waals surface area contributed by atoms with Crippen LogP contribution in [0.2, 0.25) is 0 Å². The second-order valence-electron chi connectivity index (χ2n) is 6.23. The van der Waals surface area contributed by atoms with E-state index in [1.807, 2.05) is 0 Å². The monoisotopic (exact) mass is 403 g/mol. The summed E-state index contributed by atoms with van der Waals surface area (Å²) < 4.78 is 27.0. The zero-order valence-corrected chi connectivity index (χ0v) is 16.8. The number of hydrogen-bond donors (Lipinski definition) is 1. The lowest BCUT2D eigenvalue weighted by Crippen LogP contribution is -2.03. The molecule has 0 amide bonds. The molecule has 1 rings (SSSR count). The van der Waals surface area contributed by atoms with Crippen LogP contribution in [0.1, 0.15) is 58.3 Å². The van der Waals surface area contributed by atoms with Crippen molar-refractivity contribution < 1.29 is 28.2 Å². The molecule has 1 N–H and O–H groups in total. The van der Waals surface area contributed by atoms with E-state index < -0.39 is 12.7 Å². The van der Waals surface area contributed by atoms with Crippen LogP contribution in [0.25, 0.3) is 0 Å². The predicted molar refractivity (Wildman–Crippen MR) is 103 cm³/mol. The Bertz CT molecular complexity index is 580. The first-order valence-electron chi connectivity index (χ1n) is 9.44. The van der Waals surface area contributed by atoms with Gasteiger partial charge in [0, 0.05) is 25.3 Å². The van der Waals surface area contributed by atoms with Crippen LogP contribution in [0.3, 0.4) is 0 Å². The van der Waals surface area contributed by atoms with Gasteiger partial charge in [-0.15, -0.1) is 0 Å². The molecule has 0 aliphatic heterocycles. The third kappa shape index (κ3) is 11.8. The SMILES string of the molecule is CCCCCCCCCOCCCOP(=O)(O)Oc1ccc([N+](=O)[O-])cc1. The first-order valence-corrected chi connectivity index (χ1v) is 10.9. The summed E-state index contributed by atoms with van der Waals surface area (Å²) >= 11 is 0. The van der Waals surface area contributed by atoms with Crippen LogP contribution in [0.5, 0.6) is 5.75 Å². The van der Waals surface area contributed by atoms with Crippen molar-refractivity contribution in [2.45, 2.75) is 58.3 Å².